The van der Waals surface area contributed by atoms with Crippen LogP contribution in [0, 0.1) is 24.2 Å². The molecule has 224 valence electrons. The number of aryl methyl sites for hydroxylation is 1. The van der Waals surface area contributed by atoms with E-state index in [0.29, 0.717) is 19.4 Å². The summed E-state index contributed by atoms with van der Waals surface area (Å²) in [5.74, 6) is -1.70. The zero-order valence-corrected chi connectivity index (χ0v) is 26.0. The zero-order valence-electron chi connectivity index (χ0n) is 25.2. The normalized spacial score (nSPS) is 32.5. The van der Waals surface area contributed by atoms with Gasteiger partial charge in [-0.05, 0) is 58.4 Å². The molecule has 2 aliphatic rings. The van der Waals surface area contributed by atoms with Crippen molar-refractivity contribution in [1.82, 2.24) is 14.8 Å². The number of thiazole rings is 1. The fraction of sp³-hybridized carbons (Fsp3) is 0.733. The zero-order chi connectivity index (χ0) is 29.9. The Labute approximate surface area is 242 Å². The number of amides is 1. The van der Waals surface area contributed by atoms with Crippen molar-refractivity contribution in [2.24, 2.45) is 17.3 Å². The van der Waals surface area contributed by atoms with Crippen molar-refractivity contribution in [3.8, 4) is 0 Å². The van der Waals surface area contributed by atoms with Gasteiger partial charge in [-0.2, -0.15) is 0 Å². The summed E-state index contributed by atoms with van der Waals surface area (Å²) in [6.45, 7) is 11.0. The number of likely N-dealkylation sites (N-methyl/N-ethyl adjacent to an activating group) is 1. The largest absolute Gasteiger partial charge is 0.458 e. The molecule has 0 aliphatic carbocycles. The van der Waals surface area contributed by atoms with Crippen LogP contribution >= 0.6 is 11.3 Å². The first-order valence-electron chi connectivity index (χ1n) is 14.3. The van der Waals surface area contributed by atoms with Crippen LogP contribution in [0.25, 0.3) is 6.08 Å². The topological polar surface area (TPSA) is 120 Å². The van der Waals surface area contributed by atoms with Crippen molar-refractivity contribution in [1.29, 1.82) is 0 Å². The van der Waals surface area contributed by atoms with Gasteiger partial charge in [0, 0.05) is 17.7 Å². The number of cyclic esters (lactones) is 1. The molecule has 0 aromatic carbocycles. The van der Waals surface area contributed by atoms with E-state index in [4.69, 9.17) is 4.74 Å². The van der Waals surface area contributed by atoms with Crippen LogP contribution in [-0.4, -0.2) is 93.7 Å². The summed E-state index contributed by atoms with van der Waals surface area (Å²) >= 11 is 1.54. The molecular weight excluding hydrogens is 530 g/mol. The van der Waals surface area contributed by atoms with Gasteiger partial charge >= 0.3 is 5.97 Å². The third-order valence-corrected chi connectivity index (χ3v) is 9.35. The Morgan fingerprint density at radius 2 is 1.90 bits per heavy atom. The van der Waals surface area contributed by atoms with Gasteiger partial charge in [-0.3, -0.25) is 14.4 Å². The van der Waals surface area contributed by atoms with Gasteiger partial charge in [0.25, 0.3) is 0 Å². The first-order chi connectivity index (χ1) is 18.6. The predicted octanol–water partition coefficient (Wildman–Crippen LogP) is 3.46. The SMILES string of the molecule is CC(=Cc1csc(C)n1)[C@@H]1C[C@H]2[C@@H](CCCC(C)[C@H](O)[C@@H](C)C(=O)C(C)(C)[C@@H](O)CC(=O)O1)N2C(=O)CN(C)C. The average Bonchev–Trinajstić information content (AvgIpc) is 3.39. The summed E-state index contributed by atoms with van der Waals surface area (Å²) in [6.07, 6.45) is 1.49. The summed E-state index contributed by atoms with van der Waals surface area (Å²) in [6, 6.07) is -0.0652. The van der Waals surface area contributed by atoms with Crippen LogP contribution in [0.2, 0.25) is 0 Å². The van der Waals surface area contributed by atoms with Gasteiger partial charge in [0.2, 0.25) is 5.91 Å². The maximum Gasteiger partial charge on any atom is 0.309 e. The first kappa shape index (κ1) is 32.4. The fourth-order valence-corrected chi connectivity index (χ4v) is 6.39. The maximum atomic E-state index is 13.3. The molecule has 2 fully saturated rings. The molecule has 1 aromatic rings. The fourth-order valence-electron chi connectivity index (χ4n) is 5.82. The molecule has 10 heteroatoms. The van der Waals surface area contributed by atoms with Crippen LogP contribution in [0.3, 0.4) is 0 Å². The van der Waals surface area contributed by atoms with E-state index in [2.05, 4.69) is 4.98 Å². The van der Waals surface area contributed by atoms with Crippen molar-refractivity contribution in [3.05, 3.63) is 21.7 Å². The molecule has 9 nitrogen and oxygen atoms in total. The molecule has 0 spiro atoms. The third-order valence-electron chi connectivity index (χ3n) is 8.55. The van der Waals surface area contributed by atoms with Crippen molar-refractivity contribution in [2.75, 3.05) is 20.6 Å². The minimum Gasteiger partial charge on any atom is -0.458 e. The smallest absolute Gasteiger partial charge is 0.309 e. The van der Waals surface area contributed by atoms with E-state index in [-0.39, 0.29) is 36.1 Å². The van der Waals surface area contributed by atoms with Crippen LogP contribution in [0.4, 0.5) is 0 Å². The highest BCUT2D eigenvalue weighted by Crippen LogP contribution is 2.39. The minimum atomic E-state index is -1.27. The summed E-state index contributed by atoms with van der Waals surface area (Å²) in [5.41, 5.74) is 0.344. The lowest BCUT2D eigenvalue weighted by atomic mass is 9.73. The van der Waals surface area contributed by atoms with E-state index in [0.717, 1.165) is 29.1 Å². The number of hydrogen-bond acceptors (Lipinski definition) is 9. The monoisotopic (exact) mass is 577 g/mol. The number of esters is 1. The van der Waals surface area contributed by atoms with Crippen molar-refractivity contribution >= 4 is 35.1 Å². The molecule has 1 unspecified atom stereocenters. The standard InChI is InChI=1S/C30H47N3O6S/c1-17-10-9-11-22-23(33(22)26(35)15-32(7)8)13-24(18(2)12-21-16-40-20(4)31-21)39-27(36)14-25(34)30(5,6)29(38)19(3)28(17)37/h12,16-17,19,22-25,28,34,37H,9-11,13-15H2,1-8H3/t17?,19-,22-,23+,24+,25+,28+,33?/m1/s1. The van der Waals surface area contributed by atoms with Crippen molar-refractivity contribution < 1.29 is 29.3 Å². The molecule has 2 saturated heterocycles. The second-order valence-electron chi connectivity index (χ2n) is 12.6. The van der Waals surface area contributed by atoms with Gasteiger partial charge in [0.05, 0.1) is 53.4 Å². The number of ether oxygens (including phenoxy) is 1. The number of aliphatic hydroxyl groups is 2. The molecule has 2 aliphatic heterocycles. The Hall–Kier alpha value is -2.14. The summed E-state index contributed by atoms with van der Waals surface area (Å²) in [7, 11) is 3.72. The van der Waals surface area contributed by atoms with E-state index < -0.39 is 35.6 Å². The van der Waals surface area contributed by atoms with E-state index in [1.54, 1.807) is 20.8 Å². The number of ketones is 1. The van der Waals surface area contributed by atoms with E-state index >= 15 is 0 Å². The summed E-state index contributed by atoms with van der Waals surface area (Å²) in [4.78, 5) is 47.8. The second kappa shape index (κ2) is 13.2. The van der Waals surface area contributed by atoms with Gasteiger partial charge in [-0.1, -0.05) is 34.1 Å². The molecule has 0 saturated carbocycles. The molecule has 1 aromatic heterocycles. The minimum absolute atomic E-state index is 0.0174. The lowest BCUT2D eigenvalue weighted by Crippen LogP contribution is -2.45. The molecular formula is C30H47N3O6S. The highest BCUT2D eigenvalue weighted by Gasteiger charge is 2.51. The van der Waals surface area contributed by atoms with E-state index in [1.807, 2.05) is 56.1 Å². The second-order valence-corrected chi connectivity index (χ2v) is 13.6. The van der Waals surface area contributed by atoms with Gasteiger partial charge < -0.3 is 24.7 Å². The molecule has 3 rings (SSSR count). The van der Waals surface area contributed by atoms with E-state index in [9.17, 15) is 24.6 Å². The summed E-state index contributed by atoms with van der Waals surface area (Å²) < 4.78 is 5.96. The molecule has 1 amide bonds. The highest BCUT2D eigenvalue weighted by molar-refractivity contribution is 7.09. The van der Waals surface area contributed by atoms with Gasteiger partial charge in [0.1, 0.15) is 11.9 Å². The number of carbonyl (C=O) groups is 3. The number of fused-ring (bicyclic) bond motifs is 1. The number of aliphatic hydroxyl groups excluding tert-OH is 2. The number of carbonyl (C=O) groups excluding carboxylic acids is 3. The molecule has 40 heavy (non-hydrogen) atoms. The number of rotatable bonds is 4. The molecule has 7 atom stereocenters. The first-order valence-corrected chi connectivity index (χ1v) is 15.2. The maximum absolute atomic E-state index is 13.3. The lowest BCUT2D eigenvalue weighted by Gasteiger charge is -2.34. The van der Waals surface area contributed by atoms with Crippen LogP contribution in [0.5, 0.6) is 0 Å². The Bertz CT molecular complexity index is 1100. The van der Waals surface area contributed by atoms with Crippen LogP contribution < -0.4 is 0 Å². The quantitative estimate of drug-likeness (QED) is 0.413. The lowest BCUT2D eigenvalue weighted by molar-refractivity contribution is -0.154. The number of aromatic nitrogens is 1. The Morgan fingerprint density at radius 1 is 1.23 bits per heavy atom. The van der Waals surface area contributed by atoms with Crippen molar-refractivity contribution in [3.63, 3.8) is 0 Å². The number of nitrogens with zero attached hydrogens (tertiary/aromatic N) is 3. The van der Waals surface area contributed by atoms with Crippen LogP contribution in [-0.2, 0) is 19.1 Å². The van der Waals surface area contributed by atoms with Gasteiger partial charge in [-0.25, -0.2) is 4.98 Å². The highest BCUT2D eigenvalue weighted by atomic mass is 32.1. The van der Waals surface area contributed by atoms with Crippen LogP contribution in [0.15, 0.2) is 11.0 Å². The van der Waals surface area contributed by atoms with Gasteiger partial charge in [-0.15, -0.1) is 11.3 Å². The molecule has 0 radical (unpaired) electrons. The van der Waals surface area contributed by atoms with Gasteiger partial charge in [0.15, 0.2) is 0 Å². The predicted molar refractivity (Wildman–Crippen MR) is 156 cm³/mol. The Morgan fingerprint density at radius 3 is 2.50 bits per heavy atom. The Kier molecular flexibility index (Phi) is 10.7. The average molecular weight is 578 g/mol. The van der Waals surface area contributed by atoms with Crippen LogP contribution in [0.1, 0.15) is 77.4 Å². The number of hydrogen-bond donors (Lipinski definition) is 2. The summed E-state index contributed by atoms with van der Waals surface area (Å²) in [5, 5.41) is 24.8. The Balaban J connectivity index is 1.93. The molecule has 0 bridgehead atoms. The third kappa shape index (κ3) is 7.78. The molecule has 2 N–H and O–H groups in total. The molecule has 3 heterocycles. The van der Waals surface area contributed by atoms with Crippen molar-refractivity contribution in [2.45, 2.75) is 104 Å². The van der Waals surface area contributed by atoms with E-state index in [1.165, 1.54) is 11.3 Å². The number of Topliss-reactive ketones (excluding diaryl/α,β-unsaturated/α-hetero) is 1.